The van der Waals surface area contributed by atoms with Crippen molar-refractivity contribution in [2.24, 2.45) is 0 Å². The van der Waals surface area contributed by atoms with Crippen LogP contribution < -0.4 is 4.74 Å². The lowest BCUT2D eigenvalue weighted by Crippen LogP contribution is -2.31. The number of nitrogens with zero attached hydrogens (tertiary/aromatic N) is 1. The number of ketones is 1. The number of aliphatic hydroxyl groups is 1. The predicted octanol–water partition coefficient (Wildman–Crippen LogP) is 5.26. The Morgan fingerprint density at radius 1 is 1.09 bits per heavy atom. The standard InChI is InChI=1S/C24H19Cl2NO5/c1-31-16-7-4-14(5-8-16)10-11-27-21(19-3-2-12-32-19)20(23(29)24(27)30)22(28)15-6-9-17(25)18(26)13-15/h2-9,12-13,21,28H,10-11H2,1H3/b22-20-. The van der Waals surface area contributed by atoms with Crippen molar-refractivity contribution in [2.75, 3.05) is 13.7 Å². The van der Waals surface area contributed by atoms with Gasteiger partial charge in [-0.05, 0) is 54.4 Å². The summed E-state index contributed by atoms with van der Waals surface area (Å²) in [6.07, 6.45) is 1.96. The molecule has 164 valence electrons. The molecule has 2 heterocycles. The zero-order valence-electron chi connectivity index (χ0n) is 17.0. The van der Waals surface area contributed by atoms with Crippen molar-refractivity contribution in [1.29, 1.82) is 0 Å². The Morgan fingerprint density at radius 2 is 1.84 bits per heavy atom. The molecule has 1 N–H and O–H groups in total. The van der Waals surface area contributed by atoms with Crippen molar-refractivity contribution in [2.45, 2.75) is 12.5 Å². The molecule has 1 aromatic heterocycles. The number of methoxy groups -OCH3 is 1. The minimum atomic E-state index is -0.863. The second kappa shape index (κ2) is 9.10. The SMILES string of the molecule is COc1ccc(CCN2C(=O)C(=O)/C(=C(\O)c3ccc(Cl)c(Cl)c3)C2c2ccco2)cc1. The third-order valence-corrected chi connectivity index (χ3v) is 6.09. The highest BCUT2D eigenvalue weighted by Crippen LogP contribution is 2.40. The topological polar surface area (TPSA) is 80.0 Å². The van der Waals surface area contributed by atoms with Crippen LogP contribution in [-0.2, 0) is 16.0 Å². The van der Waals surface area contributed by atoms with E-state index in [1.807, 2.05) is 24.3 Å². The summed E-state index contributed by atoms with van der Waals surface area (Å²) in [5, 5.41) is 11.5. The molecule has 0 radical (unpaired) electrons. The molecule has 0 aliphatic carbocycles. The lowest BCUT2D eigenvalue weighted by atomic mass is 9.99. The number of rotatable bonds is 6. The Hall–Kier alpha value is -3.22. The fourth-order valence-electron chi connectivity index (χ4n) is 3.69. The zero-order valence-corrected chi connectivity index (χ0v) is 18.6. The van der Waals surface area contributed by atoms with Crippen molar-refractivity contribution >= 4 is 40.7 Å². The average molecular weight is 472 g/mol. The van der Waals surface area contributed by atoms with Crippen LogP contribution >= 0.6 is 23.2 Å². The monoisotopic (exact) mass is 471 g/mol. The molecule has 32 heavy (non-hydrogen) atoms. The van der Waals surface area contributed by atoms with Crippen LogP contribution in [0.25, 0.3) is 5.76 Å². The van der Waals surface area contributed by atoms with E-state index in [4.69, 9.17) is 32.4 Å². The number of furan rings is 1. The van der Waals surface area contributed by atoms with Crippen LogP contribution in [0.1, 0.15) is 22.9 Å². The molecule has 1 saturated heterocycles. The number of carbonyl (C=O) groups excluding carboxylic acids is 2. The normalized spacial score (nSPS) is 17.7. The van der Waals surface area contributed by atoms with Crippen molar-refractivity contribution in [3.05, 3.63) is 93.4 Å². The summed E-state index contributed by atoms with van der Waals surface area (Å²) >= 11 is 12.0. The van der Waals surface area contributed by atoms with Crippen molar-refractivity contribution in [1.82, 2.24) is 4.90 Å². The van der Waals surface area contributed by atoms with E-state index in [2.05, 4.69) is 0 Å². The molecule has 1 aliphatic heterocycles. The number of aliphatic hydroxyl groups excluding tert-OH is 1. The van der Waals surface area contributed by atoms with E-state index >= 15 is 0 Å². The van der Waals surface area contributed by atoms with Gasteiger partial charge in [0.15, 0.2) is 0 Å². The predicted molar refractivity (Wildman–Crippen MR) is 121 cm³/mol. The minimum Gasteiger partial charge on any atom is -0.507 e. The minimum absolute atomic E-state index is 0.0573. The van der Waals surface area contributed by atoms with E-state index in [0.29, 0.717) is 17.2 Å². The molecular formula is C24H19Cl2NO5. The molecule has 0 spiro atoms. The van der Waals surface area contributed by atoms with Crippen LogP contribution in [0.4, 0.5) is 0 Å². The molecule has 1 aliphatic rings. The average Bonchev–Trinajstić information content (AvgIpc) is 3.41. The fourth-order valence-corrected chi connectivity index (χ4v) is 3.99. The quantitative estimate of drug-likeness (QED) is 0.301. The van der Waals surface area contributed by atoms with Crippen molar-refractivity contribution in [3.8, 4) is 5.75 Å². The first-order valence-corrected chi connectivity index (χ1v) is 10.6. The van der Waals surface area contributed by atoms with Gasteiger partial charge in [0.1, 0.15) is 23.3 Å². The molecule has 8 heteroatoms. The molecule has 1 fully saturated rings. The fraction of sp³-hybridized carbons (Fsp3) is 0.167. The lowest BCUT2D eigenvalue weighted by molar-refractivity contribution is -0.140. The van der Waals surface area contributed by atoms with Crippen LogP contribution in [0.15, 0.2) is 70.9 Å². The summed E-state index contributed by atoms with van der Waals surface area (Å²) in [6.45, 7) is 0.250. The molecule has 3 aromatic rings. The third kappa shape index (κ3) is 4.11. The van der Waals surface area contributed by atoms with Crippen molar-refractivity contribution < 1.29 is 23.8 Å². The molecule has 2 aromatic carbocycles. The number of halogens is 2. The van der Waals surface area contributed by atoms with E-state index in [-0.39, 0.29) is 28.5 Å². The van der Waals surface area contributed by atoms with Crippen LogP contribution in [-0.4, -0.2) is 35.4 Å². The van der Waals surface area contributed by atoms with Gasteiger partial charge in [-0.15, -0.1) is 0 Å². The maximum Gasteiger partial charge on any atom is 0.295 e. The van der Waals surface area contributed by atoms with Crippen LogP contribution in [0, 0.1) is 0 Å². The largest absolute Gasteiger partial charge is 0.507 e. The number of benzene rings is 2. The van der Waals surface area contributed by atoms with Gasteiger partial charge in [0.2, 0.25) is 0 Å². The maximum absolute atomic E-state index is 13.0. The highest BCUT2D eigenvalue weighted by molar-refractivity contribution is 6.46. The van der Waals surface area contributed by atoms with Gasteiger partial charge in [0.05, 0.1) is 29.0 Å². The van der Waals surface area contributed by atoms with E-state index in [1.54, 1.807) is 19.2 Å². The zero-order chi connectivity index (χ0) is 22.8. The number of hydrogen-bond acceptors (Lipinski definition) is 5. The molecular weight excluding hydrogens is 453 g/mol. The van der Waals surface area contributed by atoms with E-state index in [1.165, 1.54) is 29.4 Å². The second-order valence-corrected chi connectivity index (χ2v) is 8.05. The van der Waals surface area contributed by atoms with Gasteiger partial charge in [-0.2, -0.15) is 0 Å². The first-order valence-electron chi connectivity index (χ1n) is 9.81. The molecule has 1 unspecified atom stereocenters. The molecule has 0 bridgehead atoms. The summed E-state index contributed by atoms with van der Waals surface area (Å²) < 4.78 is 10.7. The Morgan fingerprint density at radius 3 is 2.47 bits per heavy atom. The van der Waals surface area contributed by atoms with E-state index in [9.17, 15) is 14.7 Å². The number of ether oxygens (including phenoxy) is 1. The highest BCUT2D eigenvalue weighted by atomic mass is 35.5. The summed E-state index contributed by atoms with van der Waals surface area (Å²) in [6, 6.07) is 14.4. The maximum atomic E-state index is 13.0. The van der Waals surface area contributed by atoms with Crippen LogP contribution in [0.5, 0.6) is 5.75 Å². The first kappa shape index (κ1) is 22.0. The van der Waals surface area contributed by atoms with E-state index in [0.717, 1.165) is 11.3 Å². The summed E-state index contributed by atoms with van der Waals surface area (Å²) in [5.41, 5.74) is 1.19. The van der Waals surface area contributed by atoms with Crippen LogP contribution in [0.3, 0.4) is 0 Å². The van der Waals surface area contributed by atoms with Gasteiger partial charge in [-0.3, -0.25) is 9.59 Å². The first-order chi connectivity index (χ1) is 15.4. The van der Waals surface area contributed by atoms with Crippen LogP contribution in [0.2, 0.25) is 10.0 Å². The second-order valence-electron chi connectivity index (χ2n) is 7.23. The summed E-state index contributed by atoms with van der Waals surface area (Å²) in [5.74, 6) is -0.728. The molecule has 1 atom stereocenters. The van der Waals surface area contributed by atoms with Gasteiger partial charge in [-0.1, -0.05) is 35.3 Å². The summed E-state index contributed by atoms with van der Waals surface area (Å²) in [7, 11) is 1.59. The number of amides is 1. The lowest BCUT2D eigenvalue weighted by Gasteiger charge is -2.23. The molecule has 0 saturated carbocycles. The number of Topliss-reactive ketones (excluding diaryl/α,β-unsaturated/α-hetero) is 1. The molecule has 4 rings (SSSR count). The summed E-state index contributed by atoms with van der Waals surface area (Å²) in [4.78, 5) is 27.3. The Kier molecular flexibility index (Phi) is 6.26. The van der Waals surface area contributed by atoms with Gasteiger partial charge >= 0.3 is 0 Å². The number of carbonyl (C=O) groups is 2. The van der Waals surface area contributed by atoms with Gasteiger partial charge in [0, 0.05) is 12.1 Å². The Balaban J connectivity index is 1.71. The number of likely N-dealkylation sites (tertiary alicyclic amines) is 1. The molecule has 6 nitrogen and oxygen atoms in total. The van der Waals surface area contributed by atoms with Gasteiger partial charge < -0.3 is 19.2 Å². The molecule has 1 amide bonds. The smallest absolute Gasteiger partial charge is 0.295 e. The Bertz CT molecular complexity index is 1190. The van der Waals surface area contributed by atoms with Gasteiger partial charge in [-0.25, -0.2) is 0 Å². The van der Waals surface area contributed by atoms with Crippen molar-refractivity contribution in [3.63, 3.8) is 0 Å². The third-order valence-electron chi connectivity index (χ3n) is 5.35. The highest BCUT2D eigenvalue weighted by Gasteiger charge is 2.47. The Labute approximate surface area is 194 Å². The number of hydrogen-bond donors (Lipinski definition) is 1. The van der Waals surface area contributed by atoms with E-state index < -0.39 is 17.7 Å². The van der Waals surface area contributed by atoms with Gasteiger partial charge in [0.25, 0.3) is 11.7 Å².